The molecule has 0 heterocycles. The smallest absolute Gasteiger partial charge is 0.255 e. The Morgan fingerprint density at radius 1 is 1.00 bits per heavy atom. The molecule has 1 fully saturated rings. The van der Waals surface area contributed by atoms with Crippen LogP contribution in [0.25, 0.3) is 0 Å². The van der Waals surface area contributed by atoms with Crippen LogP contribution in [0.5, 0.6) is 0 Å². The van der Waals surface area contributed by atoms with Gasteiger partial charge in [0.05, 0.1) is 11.3 Å². The van der Waals surface area contributed by atoms with Gasteiger partial charge in [-0.1, -0.05) is 18.2 Å². The Morgan fingerprint density at radius 2 is 1.77 bits per heavy atom. The summed E-state index contributed by atoms with van der Waals surface area (Å²) in [6.07, 6.45) is 2.06. The molecule has 3 rings (SSSR count). The number of hydrogen-bond donors (Lipinski definition) is 2. The third-order valence-electron chi connectivity index (χ3n) is 3.42. The number of carbonyl (C=O) groups is 2. The molecular formula is C17H15IN2O2. The molecule has 5 heteroatoms. The molecule has 1 aliphatic rings. The van der Waals surface area contributed by atoms with Gasteiger partial charge < -0.3 is 10.6 Å². The molecule has 0 atom stereocenters. The second-order valence-corrected chi connectivity index (χ2v) is 6.50. The van der Waals surface area contributed by atoms with Crippen LogP contribution < -0.4 is 10.6 Å². The number of para-hydroxylation sites is 1. The summed E-state index contributed by atoms with van der Waals surface area (Å²) in [7, 11) is 0. The lowest BCUT2D eigenvalue weighted by Crippen LogP contribution is -2.27. The monoisotopic (exact) mass is 406 g/mol. The van der Waals surface area contributed by atoms with Gasteiger partial charge in [0.15, 0.2) is 0 Å². The Hall–Kier alpha value is -1.89. The van der Waals surface area contributed by atoms with Crippen molar-refractivity contribution < 1.29 is 9.59 Å². The Kier molecular flexibility index (Phi) is 4.42. The van der Waals surface area contributed by atoms with Gasteiger partial charge in [0.1, 0.15) is 0 Å². The van der Waals surface area contributed by atoms with Gasteiger partial charge in [-0.05, 0) is 65.8 Å². The number of nitrogens with one attached hydrogen (secondary N) is 2. The molecule has 0 unspecified atom stereocenters. The SMILES string of the molecule is O=C(Nc1ccccc1C(=O)NC1CC1)c1cccc(I)c1. The van der Waals surface area contributed by atoms with E-state index in [0.29, 0.717) is 16.8 Å². The first kappa shape index (κ1) is 15.0. The maximum absolute atomic E-state index is 12.3. The molecule has 0 spiro atoms. The summed E-state index contributed by atoms with van der Waals surface area (Å²) in [6, 6.07) is 14.7. The Bertz CT molecular complexity index is 726. The van der Waals surface area contributed by atoms with E-state index in [2.05, 4.69) is 33.2 Å². The molecule has 0 bridgehead atoms. The lowest BCUT2D eigenvalue weighted by Gasteiger charge is -2.11. The van der Waals surface area contributed by atoms with Gasteiger partial charge in [-0.3, -0.25) is 9.59 Å². The summed E-state index contributed by atoms with van der Waals surface area (Å²) in [5.41, 5.74) is 1.60. The van der Waals surface area contributed by atoms with Crippen molar-refractivity contribution >= 4 is 40.1 Å². The van der Waals surface area contributed by atoms with E-state index in [1.165, 1.54) is 0 Å². The quantitative estimate of drug-likeness (QED) is 0.765. The van der Waals surface area contributed by atoms with Gasteiger partial charge in [0.2, 0.25) is 0 Å². The molecule has 2 N–H and O–H groups in total. The zero-order chi connectivity index (χ0) is 15.5. The molecule has 2 amide bonds. The second kappa shape index (κ2) is 6.48. The Morgan fingerprint density at radius 3 is 2.50 bits per heavy atom. The minimum Gasteiger partial charge on any atom is -0.349 e. The maximum atomic E-state index is 12.3. The summed E-state index contributed by atoms with van der Waals surface area (Å²) in [5.74, 6) is -0.355. The van der Waals surface area contributed by atoms with Crippen molar-refractivity contribution in [1.82, 2.24) is 5.32 Å². The van der Waals surface area contributed by atoms with Crippen LogP contribution in [0.3, 0.4) is 0 Å². The molecule has 0 aliphatic heterocycles. The molecule has 1 aliphatic carbocycles. The van der Waals surface area contributed by atoms with Gasteiger partial charge >= 0.3 is 0 Å². The molecular weight excluding hydrogens is 391 g/mol. The number of amides is 2. The van der Waals surface area contributed by atoms with Crippen molar-refractivity contribution in [3.05, 3.63) is 63.2 Å². The molecule has 2 aromatic rings. The average molecular weight is 406 g/mol. The standard InChI is InChI=1S/C17H15IN2O2/c18-12-5-3-4-11(10-12)16(21)20-15-7-2-1-6-14(15)17(22)19-13-8-9-13/h1-7,10,13H,8-9H2,(H,19,22)(H,20,21). The van der Waals surface area contributed by atoms with Crippen molar-refractivity contribution in [3.8, 4) is 0 Å². The van der Waals surface area contributed by atoms with E-state index >= 15 is 0 Å². The molecule has 0 saturated heterocycles. The van der Waals surface area contributed by atoms with Crippen LogP contribution in [-0.4, -0.2) is 17.9 Å². The Labute approximate surface area is 142 Å². The molecule has 22 heavy (non-hydrogen) atoms. The topological polar surface area (TPSA) is 58.2 Å². The van der Waals surface area contributed by atoms with Crippen molar-refractivity contribution in [2.75, 3.05) is 5.32 Å². The van der Waals surface area contributed by atoms with Crippen LogP contribution in [0.15, 0.2) is 48.5 Å². The third-order valence-corrected chi connectivity index (χ3v) is 4.09. The van der Waals surface area contributed by atoms with E-state index in [1.54, 1.807) is 30.3 Å². The van der Waals surface area contributed by atoms with Crippen LogP contribution in [0, 0.1) is 3.57 Å². The minimum atomic E-state index is -0.217. The van der Waals surface area contributed by atoms with Crippen molar-refractivity contribution in [2.24, 2.45) is 0 Å². The summed E-state index contributed by atoms with van der Waals surface area (Å²) in [4.78, 5) is 24.6. The summed E-state index contributed by atoms with van der Waals surface area (Å²) in [6.45, 7) is 0. The fourth-order valence-corrected chi connectivity index (χ4v) is 2.65. The van der Waals surface area contributed by atoms with E-state index in [0.717, 1.165) is 16.4 Å². The predicted octanol–water partition coefficient (Wildman–Crippen LogP) is 3.44. The van der Waals surface area contributed by atoms with E-state index in [1.807, 2.05) is 18.2 Å². The van der Waals surface area contributed by atoms with Crippen molar-refractivity contribution in [3.63, 3.8) is 0 Å². The highest BCUT2D eigenvalue weighted by atomic mass is 127. The van der Waals surface area contributed by atoms with Crippen molar-refractivity contribution in [2.45, 2.75) is 18.9 Å². The van der Waals surface area contributed by atoms with Gasteiger partial charge in [-0.25, -0.2) is 0 Å². The van der Waals surface area contributed by atoms with E-state index in [-0.39, 0.29) is 17.9 Å². The molecule has 4 nitrogen and oxygen atoms in total. The molecule has 2 aromatic carbocycles. The van der Waals surface area contributed by atoms with E-state index < -0.39 is 0 Å². The number of benzene rings is 2. The second-order valence-electron chi connectivity index (χ2n) is 5.26. The predicted molar refractivity (Wildman–Crippen MR) is 94.0 cm³/mol. The normalized spacial score (nSPS) is 13.5. The van der Waals surface area contributed by atoms with Gasteiger partial charge in [0.25, 0.3) is 11.8 Å². The lowest BCUT2D eigenvalue weighted by atomic mass is 10.1. The summed E-state index contributed by atoms with van der Waals surface area (Å²) in [5, 5.41) is 5.77. The zero-order valence-electron chi connectivity index (χ0n) is 11.8. The number of anilines is 1. The molecule has 112 valence electrons. The van der Waals surface area contributed by atoms with Crippen LogP contribution >= 0.6 is 22.6 Å². The van der Waals surface area contributed by atoms with Crippen molar-refractivity contribution in [1.29, 1.82) is 0 Å². The summed E-state index contributed by atoms with van der Waals surface area (Å²) >= 11 is 2.16. The zero-order valence-corrected chi connectivity index (χ0v) is 14.0. The van der Waals surface area contributed by atoms with Gasteiger partial charge in [-0.15, -0.1) is 0 Å². The van der Waals surface area contributed by atoms with E-state index in [9.17, 15) is 9.59 Å². The number of rotatable bonds is 4. The van der Waals surface area contributed by atoms with Gasteiger partial charge in [0, 0.05) is 15.2 Å². The average Bonchev–Trinajstić information content (AvgIpc) is 3.31. The highest BCUT2D eigenvalue weighted by Crippen LogP contribution is 2.22. The highest BCUT2D eigenvalue weighted by molar-refractivity contribution is 14.1. The Balaban J connectivity index is 1.79. The number of hydrogen-bond acceptors (Lipinski definition) is 2. The van der Waals surface area contributed by atoms with Gasteiger partial charge in [-0.2, -0.15) is 0 Å². The fourth-order valence-electron chi connectivity index (χ4n) is 2.11. The summed E-state index contributed by atoms with van der Waals surface area (Å²) < 4.78 is 0.991. The molecule has 0 radical (unpaired) electrons. The molecule has 1 saturated carbocycles. The van der Waals surface area contributed by atoms with E-state index in [4.69, 9.17) is 0 Å². The lowest BCUT2D eigenvalue weighted by molar-refractivity contribution is 0.0952. The first-order chi connectivity index (χ1) is 10.6. The maximum Gasteiger partial charge on any atom is 0.255 e. The van der Waals surface area contributed by atoms with Crippen LogP contribution in [0.2, 0.25) is 0 Å². The van der Waals surface area contributed by atoms with Crippen LogP contribution in [0.1, 0.15) is 33.6 Å². The first-order valence-electron chi connectivity index (χ1n) is 7.10. The third kappa shape index (κ3) is 3.65. The highest BCUT2D eigenvalue weighted by Gasteiger charge is 2.25. The first-order valence-corrected chi connectivity index (χ1v) is 8.18. The largest absolute Gasteiger partial charge is 0.349 e. The van der Waals surface area contributed by atoms with Crippen LogP contribution in [-0.2, 0) is 0 Å². The fraction of sp³-hybridized carbons (Fsp3) is 0.176. The number of halogens is 1. The number of carbonyl (C=O) groups excluding carboxylic acids is 2. The minimum absolute atomic E-state index is 0.138. The van der Waals surface area contributed by atoms with Crippen LogP contribution in [0.4, 0.5) is 5.69 Å². The molecule has 0 aromatic heterocycles.